The molecule has 8 nitrogen and oxygen atoms in total. The van der Waals surface area contributed by atoms with Gasteiger partial charge in [0.15, 0.2) is 5.13 Å². The molecule has 0 bridgehead atoms. The number of hydrazine groups is 1. The Hall–Kier alpha value is -3.76. The van der Waals surface area contributed by atoms with Crippen LogP contribution in [0.1, 0.15) is 31.4 Å². The maximum absolute atomic E-state index is 14.3. The van der Waals surface area contributed by atoms with E-state index in [0.29, 0.717) is 35.0 Å². The number of para-hydroxylation sites is 1. The number of carbonyl (C=O) groups excluding carboxylic acids is 2. The van der Waals surface area contributed by atoms with E-state index < -0.39 is 11.8 Å². The predicted molar refractivity (Wildman–Crippen MR) is 132 cm³/mol. The third-order valence-corrected chi connectivity index (χ3v) is 7.11. The predicted octanol–water partition coefficient (Wildman–Crippen LogP) is 3.51. The number of rotatable bonds is 5. The molecule has 1 fully saturated rings. The van der Waals surface area contributed by atoms with E-state index in [1.165, 1.54) is 17.4 Å². The van der Waals surface area contributed by atoms with Crippen LogP contribution in [0.5, 0.6) is 0 Å². The summed E-state index contributed by atoms with van der Waals surface area (Å²) < 4.78 is 21.5. The summed E-state index contributed by atoms with van der Waals surface area (Å²) in [6.45, 7) is 4.63. The first-order chi connectivity index (χ1) is 17.0. The molecule has 1 aliphatic heterocycles. The number of nitrogens with one attached hydrogen (secondary N) is 2. The molecule has 0 atom stereocenters. The molecule has 1 aliphatic rings. The molecular weight excluding hydrogens is 469 g/mol. The molecule has 4 aromatic rings. The fourth-order valence-corrected chi connectivity index (χ4v) is 5.10. The maximum Gasteiger partial charge on any atom is 0.286 e. The Morgan fingerprint density at radius 2 is 1.77 bits per heavy atom. The van der Waals surface area contributed by atoms with Crippen LogP contribution in [0.3, 0.4) is 0 Å². The molecular formula is C25H24FN5O3S. The van der Waals surface area contributed by atoms with E-state index in [-0.39, 0.29) is 12.4 Å². The highest BCUT2D eigenvalue weighted by Gasteiger charge is 2.22. The van der Waals surface area contributed by atoms with Crippen molar-refractivity contribution in [2.24, 2.45) is 0 Å². The highest BCUT2D eigenvalue weighted by Crippen LogP contribution is 2.27. The van der Waals surface area contributed by atoms with Crippen LogP contribution >= 0.6 is 11.3 Å². The molecule has 2 aromatic carbocycles. The summed E-state index contributed by atoms with van der Waals surface area (Å²) in [7, 11) is 0. The number of hydrogen-bond donors (Lipinski definition) is 2. The Morgan fingerprint density at radius 3 is 2.57 bits per heavy atom. The first-order valence-corrected chi connectivity index (χ1v) is 12.1. The van der Waals surface area contributed by atoms with Crippen LogP contribution in [-0.4, -0.2) is 47.7 Å². The van der Waals surface area contributed by atoms with E-state index in [9.17, 15) is 14.0 Å². The number of anilines is 1. The van der Waals surface area contributed by atoms with Crippen molar-refractivity contribution < 1.29 is 18.7 Å². The lowest BCUT2D eigenvalue weighted by atomic mass is 10.2. The number of fused-ring (bicyclic) bond motifs is 1. The summed E-state index contributed by atoms with van der Waals surface area (Å²) in [5, 5.41) is 1.60. The van der Waals surface area contributed by atoms with E-state index in [4.69, 9.17) is 4.74 Å². The van der Waals surface area contributed by atoms with Gasteiger partial charge < -0.3 is 14.2 Å². The van der Waals surface area contributed by atoms with Gasteiger partial charge in [-0.1, -0.05) is 47.7 Å². The zero-order valence-electron chi connectivity index (χ0n) is 19.1. The lowest BCUT2D eigenvalue weighted by molar-refractivity contribution is 0.0843. The van der Waals surface area contributed by atoms with Crippen molar-refractivity contribution >= 4 is 39.2 Å². The number of morpholine rings is 1. The summed E-state index contributed by atoms with van der Waals surface area (Å²) in [6.07, 6.45) is 0. The van der Waals surface area contributed by atoms with Gasteiger partial charge in [-0.25, -0.2) is 9.37 Å². The number of benzene rings is 2. The van der Waals surface area contributed by atoms with Gasteiger partial charge in [0.05, 0.1) is 25.5 Å². The monoisotopic (exact) mass is 493 g/mol. The second-order valence-corrected chi connectivity index (χ2v) is 9.16. The number of aromatic nitrogens is 2. The standard InChI is InChI=1S/C25H24FN5O3S/c1-16-22(35-25(27-16)30-10-12-34-13-11-30)24(33)29-28-23(32)21-14-17-6-3-5-9-20(17)31(21)15-18-7-2-4-8-19(18)26/h2-9,14H,10-13,15H2,1H3,(H,28,32)(H,29,33). The first kappa shape index (κ1) is 23.0. The van der Waals surface area contributed by atoms with Gasteiger partial charge in [-0.2, -0.15) is 0 Å². The lowest BCUT2D eigenvalue weighted by Crippen LogP contribution is -2.42. The second-order valence-electron chi connectivity index (χ2n) is 8.18. The van der Waals surface area contributed by atoms with Crippen molar-refractivity contribution in [3.63, 3.8) is 0 Å². The van der Waals surface area contributed by atoms with Gasteiger partial charge in [-0.05, 0) is 25.1 Å². The first-order valence-electron chi connectivity index (χ1n) is 11.2. The summed E-state index contributed by atoms with van der Waals surface area (Å²) in [5.41, 5.74) is 7.17. The molecule has 10 heteroatoms. The Morgan fingerprint density at radius 1 is 1.06 bits per heavy atom. The van der Waals surface area contributed by atoms with Gasteiger partial charge >= 0.3 is 0 Å². The third-order valence-electron chi connectivity index (χ3n) is 5.89. The van der Waals surface area contributed by atoms with Crippen molar-refractivity contribution in [1.29, 1.82) is 0 Å². The Kier molecular flexibility index (Phi) is 6.47. The average Bonchev–Trinajstić information content (AvgIpc) is 3.45. The molecule has 1 saturated heterocycles. The average molecular weight is 494 g/mol. The fourth-order valence-electron chi connectivity index (χ4n) is 4.08. The molecule has 0 spiro atoms. The number of hydrogen-bond acceptors (Lipinski definition) is 6. The number of amides is 2. The molecule has 2 aromatic heterocycles. The molecule has 3 heterocycles. The van der Waals surface area contributed by atoms with E-state index in [1.54, 1.807) is 35.8 Å². The van der Waals surface area contributed by atoms with Crippen LogP contribution in [0, 0.1) is 12.7 Å². The number of nitrogens with zero attached hydrogens (tertiary/aromatic N) is 3. The van der Waals surface area contributed by atoms with Crippen LogP contribution in [0.2, 0.25) is 0 Å². The van der Waals surface area contributed by atoms with Crippen molar-refractivity contribution in [1.82, 2.24) is 20.4 Å². The van der Waals surface area contributed by atoms with Gasteiger partial charge in [0.1, 0.15) is 16.4 Å². The van der Waals surface area contributed by atoms with Crippen molar-refractivity contribution in [3.8, 4) is 0 Å². The van der Waals surface area contributed by atoms with Gasteiger partial charge in [-0.15, -0.1) is 0 Å². The van der Waals surface area contributed by atoms with Crippen LogP contribution in [0.15, 0.2) is 54.6 Å². The van der Waals surface area contributed by atoms with Crippen molar-refractivity contribution in [3.05, 3.63) is 82.2 Å². The second kappa shape index (κ2) is 9.85. The summed E-state index contributed by atoms with van der Waals surface area (Å²) in [6, 6.07) is 15.7. The zero-order valence-corrected chi connectivity index (χ0v) is 19.9. The maximum atomic E-state index is 14.3. The highest BCUT2D eigenvalue weighted by atomic mass is 32.1. The van der Waals surface area contributed by atoms with Crippen LogP contribution in [0.4, 0.5) is 9.52 Å². The van der Waals surface area contributed by atoms with Gasteiger partial charge in [0.25, 0.3) is 11.8 Å². The number of ether oxygens (including phenoxy) is 1. The molecule has 5 rings (SSSR count). The normalized spacial score (nSPS) is 13.7. The molecule has 0 aliphatic carbocycles. The zero-order chi connectivity index (χ0) is 24.4. The molecule has 2 N–H and O–H groups in total. The van der Waals surface area contributed by atoms with Crippen LogP contribution < -0.4 is 15.8 Å². The summed E-state index contributed by atoms with van der Waals surface area (Å²) >= 11 is 1.28. The van der Waals surface area contributed by atoms with Crippen LogP contribution in [-0.2, 0) is 11.3 Å². The number of carbonyl (C=O) groups is 2. The van der Waals surface area contributed by atoms with E-state index in [2.05, 4.69) is 20.7 Å². The number of halogens is 1. The van der Waals surface area contributed by atoms with Crippen LogP contribution in [0.25, 0.3) is 10.9 Å². The minimum atomic E-state index is -0.499. The van der Waals surface area contributed by atoms with Crippen molar-refractivity contribution in [2.45, 2.75) is 13.5 Å². The van der Waals surface area contributed by atoms with Gasteiger partial charge in [0.2, 0.25) is 0 Å². The summed E-state index contributed by atoms with van der Waals surface area (Å²) in [5.74, 6) is -1.28. The number of thiazole rings is 1. The van der Waals surface area contributed by atoms with Crippen molar-refractivity contribution in [2.75, 3.05) is 31.2 Å². The minimum Gasteiger partial charge on any atom is -0.378 e. The largest absolute Gasteiger partial charge is 0.378 e. The topological polar surface area (TPSA) is 88.5 Å². The molecule has 2 amide bonds. The summed E-state index contributed by atoms with van der Waals surface area (Å²) in [4.78, 5) is 33.0. The number of aryl methyl sites for hydroxylation is 1. The smallest absolute Gasteiger partial charge is 0.286 e. The molecule has 180 valence electrons. The SMILES string of the molecule is Cc1nc(N2CCOCC2)sc1C(=O)NNC(=O)c1cc2ccccc2n1Cc1ccccc1F. The van der Waals surface area contributed by atoms with E-state index >= 15 is 0 Å². The highest BCUT2D eigenvalue weighted by molar-refractivity contribution is 7.17. The molecule has 0 radical (unpaired) electrons. The third kappa shape index (κ3) is 4.75. The fraction of sp³-hybridized carbons (Fsp3) is 0.240. The molecule has 0 unspecified atom stereocenters. The van der Waals surface area contributed by atoms with E-state index in [1.807, 2.05) is 24.3 Å². The Balaban J connectivity index is 1.34. The van der Waals surface area contributed by atoms with Gasteiger partial charge in [-0.3, -0.25) is 20.4 Å². The van der Waals surface area contributed by atoms with E-state index in [0.717, 1.165) is 29.1 Å². The minimum absolute atomic E-state index is 0.174. The molecule has 0 saturated carbocycles. The quantitative estimate of drug-likeness (QED) is 0.416. The lowest BCUT2D eigenvalue weighted by Gasteiger charge is -2.25. The Labute approximate surface area is 205 Å². The molecule has 35 heavy (non-hydrogen) atoms. The van der Waals surface area contributed by atoms with Gasteiger partial charge in [0, 0.05) is 29.6 Å². The Bertz CT molecular complexity index is 1390.